The van der Waals surface area contributed by atoms with Gasteiger partial charge in [-0.25, -0.2) is 0 Å². The second kappa shape index (κ2) is 3.54. The molecule has 2 saturated heterocycles. The van der Waals surface area contributed by atoms with Gasteiger partial charge >= 0.3 is 0 Å². The smallest absolute Gasteiger partial charge is 0.0789 e. The zero-order valence-electron chi connectivity index (χ0n) is 7.15. The van der Waals surface area contributed by atoms with Gasteiger partial charge in [0.2, 0.25) is 0 Å². The quantitative estimate of drug-likeness (QED) is 0.627. The number of aliphatic hydroxyl groups excluding tert-OH is 1. The summed E-state index contributed by atoms with van der Waals surface area (Å²) >= 11 is 2.08. The summed E-state index contributed by atoms with van der Waals surface area (Å²) in [6, 6.07) is 0.723. The van der Waals surface area contributed by atoms with Gasteiger partial charge < -0.3 is 10.8 Å². The Kier molecular flexibility index (Phi) is 2.60. The number of likely N-dealkylation sites (tertiary alicyclic amines) is 1. The van der Waals surface area contributed by atoms with Crippen LogP contribution in [-0.4, -0.2) is 52.8 Å². The van der Waals surface area contributed by atoms with E-state index in [1.165, 1.54) is 12.2 Å². The monoisotopic (exact) mass is 188 g/mol. The zero-order valence-corrected chi connectivity index (χ0v) is 7.96. The fourth-order valence-corrected chi connectivity index (χ4v) is 3.54. The van der Waals surface area contributed by atoms with Crippen molar-refractivity contribution in [2.45, 2.75) is 23.8 Å². The molecule has 3 atom stereocenters. The molecule has 2 fully saturated rings. The van der Waals surface area contributed by atoms with Crippen LogP contribution in [0.25, 0.3) is 0 Å². The van der Waals surface area contributed by atoms with Gasteiger partial charge in [0.05, 0.1) is 6.10 Å². The molecule has 70 valence electrons. The van der Waals surface area contributed by atoms with Crippen molar-refractivity contribution in [3.63, 3.8) is 0 Å². The molecule has 2 aliphatic heterocycles. The van der Waals surface area contributed by atoms with Gasteiger partial charge in [-0.3, -0.25) is 4.90 Å². The van der Waals surface area contributed by atoms with Gasteiger partial charge in [0.15, 0.2) is 0 Å². The van der Waals surface area contributed by atoms with Crippen LogP contribution >= 0.6 is 11.8 Å². The Morgan fingerprint density at radius 2 is 2.50 bits per heavy atom. The molecule has 3 N–H and O–H groups in total. The lowest BCUT2D eigenvalue weighted by atomic mass is 10.2. The largest absolute Gasteiger partial charge is 0.390 e. The van der Waals surface area contributed by atoms with Gasteiger partial charge in [0.1, 0.15) is 0 Å². The van der Waals surface area contributed by atoms with Crippen molar-refractivity contribution in [1.82, 2.24) is 4.90 Å². The highest BCUT2D eigenvalue weighted by atomic mass is 32.2. The summed E-state index contributed by atoms with van der Waals surface area (Å²) in [7, 11) is 0. The van der Waals surface area contributed by atoms with Crippen LogP contribution < -0.4 is 5.73 Å². The van der Waals surface area contributed by atoms with Gasteiger partial charge in [-0.2, -0.15) is 11.8 Å². The van der Waals surface area contributed by atoms with Crippen LogP contribution in [0.5, 0.6) is 0 Å². The maximum atomic E-state index is 9.37. The number of nitrogens with zero attached hydrogens (tertiary/aromatic N) is 1. The molecule has 0 spiro atoms. The van der Waals surface area contributed by atoms with Crippen LogP contribution in [0.15, 0.2) is 0 Å². The van der Waals surface area contributed by atoms with Gasteiger partial charge in [-0.1, -0.05) is 0 Å². The average molecular weight is 188 g/mol. The van der Waals surface area contributed by atoms with Gasteiger partial charge in [0.25, 0.3) is 0 Å². The van der Waals surface area contributed by atoms with E-state index in [0.29, 0.717) is 6.54 Å². The number of hydrogen-bond donors (Lipinski definition) is 2. The van der Waals surface area contributed by atoms with Gasteiger partial charge in [-0.15, -0.1) is 0 Å². The maximum Gasteiger partial charge on any atom is 0.0789 e. The SMILES string of the molecule is NC[C@@H](O)CN1CC2CC1CS2. The molecule has 0 aromatic rings. The van der Waals surface area contributed by atoms with Crippen LogP contribution in [0, 0.1) is 0 Å². The van der Waals surface area contributed by atoms with E-state index in [9.17, 15) is 5.11 Å². The van der Waals surface area contributed by atoms with Crippen LogP contribution in [-0.2, 0) is 0 Å². The molecule has 12 heavy (non-hydrogen) atoms. The highest BCUT2D eigenvalue weighted by molar-refractivity contribution is 8.00. The standard InChI is InChI=1S/C8H16N2OS/c9-2-7(11)3-10-4-8-1-6(10)5-12-8/h6-8,11H,1-5,9H2/t6?,7-,8?/m1/s1. The van der Waals surface area contributed by atoms with Crippen molar-refractivity contribution in [2.75, 3.05) is 25.4 Å². The summed E-state index contributed by atoms with van der Waals surface area (Å²) in [5.74, 6) is 1.25. The molecular weight excluding hydrogens is 172 g/mol. The van der Waals surface area contributed by atoms with Crippen LogP contribution in [0.2, 0.25) is 0 Å². The third-order valence-corrected chi connectivity index (χ3v) is 4.12. The molecule has 2 aliphatic rings. The van der Waals surface area contributed by atoms with Crippen LogP contribution in [0.4, 0.5) is 0 Å². The highest BCUT2D eigenvalue weighted by Gasteiger charge is 2.38. The van der Waals surface area contributed by atoms with Crippen molar-refractivity contribution in [3.8, 4) is 0 Å². The lowest BCUT2D eigenvalue weighted by molar-refractivity contribution is 0.115. The van der Waals surface area contributed by atoms with Crippen molar-refractivity contribution in [2.24, 2.45) is 5.73 Å². The first-order valence-electron chi connectivity index (χ1n) is 4.53. The van der Waals surface area contributed by atoms with E-state index in [4.69, 9.17) is 5.73 Å². The Morgan fingerprint density at radius 1 is 1.67 bits per heavy atom. The van der Waals surface area contributed by atoms with E-state index < -0.39 is 0 Å². The van der Waals surface area contributed by atoms with Gasteiger partial charge in [-0.05, 0) is 6.42 Å². The van der Waals surface area contributed by atoms with E-state index in [0.717, 1.165) is 24.4 Å². The summed E-state index contributed by atoms with van der Waals surface area (Å²) < 4.78 is 0. The molecule has 0 aromatic heterocycles. The third kappa shape index (κ3) is 1.62. The normalized spacial score (nSPS) is 37.5. The number of fused-ring (bicyclic) bond motifs is 2. The summed E-state index contributed by atoms with van der Waals surface area (Å²) in [6.45, 7) is 2.33. The predicted molar refractivity (Wildman–Crippen MR) is 51.3 cm³/mol. The maximum absolute atomic E-state index is 9.37. The first kappa shape index (κ1) is 8.81. The zero-order chi connectivity index (χ0) is 8.55. The first-order valence-corrected chi connectivity index (χ1v) is 5.58. The summed E-state index contributed by atoms with van der Waals surface area (Å²) in [4.78, 5) is 2.39. The van der Waals surface area contributed by atoms with Crippen molar-refractivity contribution >= 4 is 11.8 Å². The second-order valence-corrected chi connectivity index (χ2v) is 5.02. The lowest BCUT2D eigenvalue weighted by Gasteiger charge is -2.27. The molecule has 2 heterocycles. The Hall–Kier alpha value is 0.230. The predicted octanol–water partition coefficient (Wildman–Crippen LogP) is -0.504. The molecule has 0 aromatic carbocycles. The van der Waals surface area contributed by atoms with Gasteiger partial charge in [0, 0.05) is 36.7 Å². The molecule has 2 rings (SSSR count). The topological polar surface area (TPSA) is 49.5 Å². The molecule has 3 nitrogen and oxygen atoms in total. The van der Waals surface area contributed by atoms with E-state index >= 15 is 0 Å². The fraction of sp³-hybridized carbons (Fsp3) is 1.00. The minimum atomic E-state index is -0.325. The summed E-state index contributed by atoms with van der Waals surface area (Å²) in [5, 5.41) is 10.2. The number of nitrogens with two attached hydrogens (primary N) is 1. The first-order chi connectivity index (χ1) is 5.79. The highest BCUT2D eigenvalue weighted by Crippen LogP contribution is 2.37. The summed E-state index contributed by atoms with van der Waals surface area (Å²) in [6.07, 6.45) is 0.997. The number of aliphatic hydroxyl groups is 1. The fourth-order valence-electron chi connectivity index (χ4n) is 2.05. The lowest BCUT2D eigenvalue weighted by Crippen LogP contribution is -2.41. The second-order valence-electron chi connectivity index (χ2n) is 3.69. The Morgan fingerprint density at radius 3 is 3.00 bits per heavy atom. The number of rotatable bonds is 3. The third-order valence-electron chi connectivity index (χ3n) is 2.73. The molecular formula is C8H16N2OS. The average Bonchev–Trinajstić information content (AvgIpc) is 2.64. The molecule has 2 bridgehead atoms. The van der Waals surface area contributed by atoms with E-state index in [1.54, 1.807) is 0 Å². The molecule has 4 heteroatoms. The minimum Gasteiger partial charge on any atom is -0.390 e. The number of β-amino-alcohol motifs (C(OH)–C–C–N with tert-alkyl or cyclic N) is 1. The van der Waals surface area contributed by atoms with E-state index in [-0.39, 0.29) is 6.10 Å². The van der Waals surface area contributed by atoms with Crippen molar-refractivity contribution < 1.29 is 5.11 Å². The molecule has 0 aliphatic carbocycles. The van der Waals surface area contributed by atoms with Crippen molar-refractivity contribution in [3.05, 3.63) is 0 Å². The van der Waals surface area contributed by atoms with Crippen molar-refractivity contribution in [1.29, 1.82) is 0 Å². The molecule has 0 amide bonds. The van der Waals surface area contributed by atoms with E-state index in [1.807, 2.05) is 0 Å². The Balaban J connectivity index is 1.82. The summed E-state index contributed by atoms with van der Waals surface area (Å²) in [5.41, 5.74) is 5.37. The number of hydrogen-bond acceptors (Lipinski definition) is 4. The van der Waals surface area contributed by atoms with Crippen LogP contribution in [0.3, 0.4) is 0 Å². The van der Waals surface area contributed by atoms with E-state index in [2.05, 4.69) is 16.7 Å². The Bertz CT molecular complexity index is 167. The minimum absolute atomic E-state index is 0.325. The molecule has 0 radical (unpaired) electrons. The molecule has 0 saturated carbocycles. The van der Waals surface area contributed by atoms with Crippen LogP contribution in [0.1, 0.15) is 6.42 Å². The molecule has 2 unspecified atom stereocenters. The number of thioether (sulfide) groups is 1. The Labute approximate surface area is 77.3 Å².